The van der Waals surface area contributed by atoms with Crippen molar-refractivity contribution in [2.45, 2.75) is 6.42 Å². The Morgan fingerprint density at radius 1 is 1.00 bits per heavy atom. The van der Waals surface area contributed by atoms with Crippen molar-refractivity contribution in [1.29, 1.82) is 5.26 Å². The Morgan fingerprint density at radius 2 is 1.73 bits per heavy atom. The molecule has 0 fully saturated rings. The van der Waals surface area contributed by atoms with E-state index in [9.17, 15) is 23.2 Å². The van der Waals surface area contributed by atoms with Gasteiger partial charge >= 0.3 is 0 Å². The summed E-state index contributed by atoms with van der Waals surface area (Å²) in [6.45, 7) is 0.0848. The van der Waals surface area contributed by atoms with Gasteiger partial charge < -0.3 is 16.8 Å². The lowest BCUT2D eigenvalue weighted by Gasteiger charge is -2.15. The molecule has 0 bridgehead atoms. The minimum Gasteiger partial charge on any atom is -0.382 e. The zero-order valence-corrected chi connectivity index (χ0v) is 16.8. The Kier molecular flexibility index (Phi) is 5.53. The lowest BCUT2D eigenvalue weighted by Crippen LogP contribution is -2.26. The number of nitrogen functional groups attached to an aromatic ring is 2. The Morgan fingerprint density at radius 3 is 2.42 bits per heavy atom. The zero-order chi connectivity index (χ0) is 23.7. The molecule has 5 N–H and O–H groups in total. The first kappa shape index (κ1) is 21.6. The second kappa shape index (κ2) is 8.46. The maximum Gasteiger partial charge on any atom is 0.266 e. The maximum absolute atomic E-state index is 13.9. The number of rotatable bonds is 5. The van der Waals surface area contributed by atoms with Crippen LogP contribution in [-0.4, -0.2) is 26.1 Å². The number of halogens is 3. The van der Waals surface area contributed by atoms with Crippen LogP contribution in [0.4, 0.5) is 30.8 Å². The molecule has 2 aromatic carbocycles. The molecule has 0 atom stereocenters. The van der Waals surface area contributed by atoms with Crippen LogP contribution >= 0.6 is 0 Å². The molecule has 0 unspecified atom stereocenters. The molecule has 0 aliphatic carbocycles. The average Bonchev–Trinajstić information content (AvgIpc) is 2.73. The second-order valence-electron chi connectivity index (χ2n) is 6.94. The zero-order valence-electron chi connectivity index (χ0n) is 16.8. The molecule has 2 heterocycles. The molecule has 4 aromatic rings. The molecule has 0 amide bonds. The summed E-state index contributed by atoms with van der Waals surface area (Å²) >= 11 is 0. The van der Waals surface area contributed by atoms with Gasteiger partial charge in [-0.2, -0.15) is 15.2 Å². The highest BCUT2D eigenvalue weighted by Crippen LogP contribution is 2.20. The summed E-state index contributed by atoms with van der Waals surface area (Å²) < 4.78 is 42.5. The van der Waals surface area contributed by atoms with Gasteiger partial charge in [0.25, 0.3) is 5.56 Å². The van der Waals surface area contributed by atoms with Crippen molar-refractivity contribution in [3.8, 4) is 11.8 Å². The largest absolute Gasteiger partial charge is 0.382 e. The normalized spacial score (nSPS) is 10.8. The van der Waals surface area contributed by atoms with Crippen LogP contribution in [0, 0.1) is 28.8 Å². The third-order valence-electron chi connectivity index (χ3n) is 4.71. The van der Waals surface area contributed by atoms with Crippen LogP contribution in [0.2, 0.25) is 0 Å². The molecule has 4 rings (SSSR count). The van der Waals surface area contributed by atoms with E-state index in [-0.39, 0.29) is 58.5 Å². The van der Waals surface area contributed by atoms with Crippen molar-refractivity contribution < 1.29 is 13.2 Å². The van der Waals surface area contributed by atoms with Gasteiger partial charge in [-0.05, 0) is 30.3 Å². The van der Waals surface area contributed by atoms with Gasteiger partial charge in [0.2, 0.25) is 5.95 Å². The molecule has 0 aliphatic heterocycles. The van der Waals surface area contributed by atoms with Gasteiger partial charge in [-0.25, -0.2) is 18.2 Å². The summed E-state index contributed by atoms with van der Waals surface area (Å²) in [7, 11) is 0. The lowest BCUT2D eigenvalue weighted by atomic mass is 10.2. The summed E-state index contributed by atoms with van der Waals surface area (Å²) in [5.41, 5.74) is 10.6. The highest BCUT2D eigenvalue weighted by Gasteiger charge is 2.16. The van der Waals surface area contributed by atoms with Crippen LogP contribution in [-0.2, 0) is 6.42 Å². The third-order valence-corrected chi connectivity index (χ3v) is 4.71. The van der Waals surface area contributed by atoms with Gasteiger partial charge in [-0.15, -0.1) is 0 Å². The van der Waals surface area contributed by atoms with E-state index in [0.717, 1.165) is 28.8 Å². The van der Waals surface area contributed by atoms with Gasteiger partial charge in [-0.3, -0.25) is 9.36 Å². The van der Waals surface area contributed by atoms with Crippen LogP contribution in [0.5, 0.6) is 0 Å². The second-order valence-corrected chi connectivity index (χ2v) is 6.94. The molecular weight excluding hydrogens is 437 g/mol. The first-order valence-corrected chi connectivity index (χ1v) is 9.51. The number of benzene rings is 2. The smallest absolute Gasteiger partial charge is 0.266 e. The van der Waals surface area contributed by atoms with Crippen molar-refractivity contribution in [1.82, 2.24) is 19.5 Å². The van der Waals surface area contributed by atoms with E-state index in [4.69, 9.17) is 11.5 Å². The van der Waals surface area contributed by atoms with E-state index in [1.165, 1.54) is 6.07 Å². The highest BCUT2D eigenvalue weighted by molar-refractivity contribution is 5.78. The molecule has 0 saturated carbocycles. The van der Waals surface area contributed by atoms with Crippen molar-refractivity contribution in [3.63, 3.8) is 0 Å². The molecule has 33 heavy (non-hydrogen) atoms. The fourth-order valence-corrected chi connectivity index (χ4v) is 3.33. The molecule has 2 aromatic heterocycles. The van der Waals surface area contributed by atoms with Gasteiger partial charge in [0.05, 0.1) is 16.6 Å². The van der Waals surface area contributed by atoms with Crippen molar-refractivity contribution >= 4 is 28.5 Å². The molecule has 0 saturated heterocycles. The van der Waals surface area contributed by atoms with E-state index in [2.05, 4.69) is 20.3 Å². The molecule has 9 nitrogen and oxygen atoms in total. The number of hydrogen-bond donors (Lipinski definition) is 3. The minimum atomic E-state index is -0.897. The van der Waals surface area contributed by atoms with E-state index < -0.39 is 23.0 Å². The Bertz CT molecular complexity index is 1480. The topological polar surface area (TPSA) is 149 Å². The third kappa shape index (κ3) is 4.24. The van der Waals surface area contributed by atoms with E-state index in [1.807, 2.05) is 6.07 Å². The predicted molar refractivity (Wildman–Crippen MR) is 115 cm³/mol. The van der Waals surface area contributed by atoms with E-state index >= 15 is 0 Å². The van der Waals surface area contributed by atoms with Gasteiger partial charge in [0, 0.05) is 19.0 Å². The number of aromatic nitrogens is 4. The summed E-state index contributed by atoms with van der Waals surface area (Å²) in [6.07, 6.45) is 0.0510. The SMILES string of the molecule is N#Cc1c(N)nc(N)nc1NCCc1nc2ccc(F)cc2c(=O)n1-c1cc(F)cc(F)c1. The summed E-state index contributed by atoms with van der Waals surface area (Å²) in [6, 6.07) is 7.95. The standard InChI is InChI=1S/C21H15F3N8O/c22-10-1-2-16-14(8-10)20(33)32(13-6-11(23)5-12(24)7-13)17(29-16)3-4-28-19-15(9-25)18(26)30-21(27)31-19/h1-2,5-8H,3-4H2,(H5,26,27,28,30,31). The molecule has 0 radical (unpaired) electrons. The average molecular weight is 452 g/mol. The first-order valence-electron chi connectivity index (χ1n) is 9.51. The highest BCUT2D eigenvalue weighted by atomic mass is 19.1. The molecule has 166 valence electrons. The van der Waals surface area contributed by atoms with Crippen molar-refractivity contribution in [3.05, 3.63) is 75.6 Å². The fourth-order valence-electron chi connectivity index (χ4n) is 3.33. The lowest BCUT2D eigenvalue weighted by molar-refractivity contribution is 0.580. The monoisotopic (exact) mass is 452 g/mol. The summed E-state index contributed by atoms with van der Waals surface area (Å²) in [5.74, 6) is -2.49. The van der Waals surface area contributed by atoms with Crippen LogP contribution in [0.3, 0.4) is 0 Å². The molecule has 0 spiro atoms. The molecule has 12 heteroatoms. The Labute approximate surface area is 184 Å². The summed E-state index contributed by atoms with van der Waals surface area (Å²) in [4.78, 5) is 25.2. The van der Waals surface area contributed by atoms with Crippen molar-refractivity contribution in [2.75, 3.05) is 23.3 Å². The number of nitrogens with one attached hydrogen (secondary N) is 1. The quantitative estimate of drug-likeness (QED) is 0.418. The maximum atomic E-state index is 13.9. The van der Waals surface area contributed by atoms with Crippen LogP contribution in [0.25, 0.3) is 16.6 Å². The number of hydrogen-bond acceptors (Lipinski definition) is 8. The number of fused-ring (bicyclic) bond motifs is 1. The van der Waals surface area contributed by atoms with Crippen molar-refractivity contribution in [2.24, 2.45) is 0 Å². The number of nitrogens with zero attached hydrogens (tertiary/aromatic N) is 5. The van der Waals surface area contributed by atoms with Crippen LogP contribution < -0.4 is 22.3 Å². The van der Waals surface area contributed by atoms with Gasteiger partial charge in [0.15, 0.2) is 5.82 Å². The fraction of sp³-hybridized carbons (Fsp3) is 0.0952. The van der Waals surface area contributed by atoms with Crippen LogP contribution in [0.15, 0.2) is 41.2 Å². The number of nitriles is 1. The first-order chi connectivity index (χ1) is 15.8. The van der Waals surface area contributed by atoms with Gasteiger partial charge in [-0.1, -0.05) is 0 Å². The van der Waals surface area contributed by atoms with E-state index in [1.54, 1.807) is 0 Å². The molecule has 0 aliphatic rings. The summed E-state index contributed by atoms with van der Waals surface area (Å²) in [5, 5.41) is 12.1. The minimum absolute atomic E-state index is 0.0178. The number of anilines is 3. The number of nitrogens with two attached hydrogens (primary N) is 2. The van der Waals surface area contributed by atoms with Gasteiger partial charge in [0.1, 0.15) is 40.7 Å². The molecular formula is C21H15F3N8O. The van der Waals surface area contributed by atoms with Crippen LogP contribution in [0.1, 0.15) is 11.4 Å². The Hall–Kier alpha value is -4.66. The predicted octanol–water partition coefficient (Wildman–Crippen LogP) is 2.28. The Balaban J connectivity index is 1.78. The van der Waals surface area contributed by atoms with E-state index in [0.29, 0.717) is 6.07 Å².